The van der Waals surface area contributed by atoms with Crippen LogP contribution in [0.15, 0.2) is 12.1 Å². The average molecular weight is 239 g/mol. The lowest BCUT2D eigenvalue weighted by Gasteiger charge is -2.14. The van der Waals surface area contributed by atoms with Crippen LogP contribution in [0, 0.1) is 0 Å². The molecule has 4 nitrogen and oxygen atoms in total. The minimum Gasteiger partial charge on any atom is -0.496 e. The van der Waals surface area contributed by atoms with Gasteiger partial charge in [0.15, 0.2) is 0 Å². The van der Waals surface area contributed by atoms with E-state index in [9.17, 15) is 0 Å². The minimum atomic E-state index is 0.520. The summed E-state index contributed by atoms with van der Waals surface area (Å²) >= 11 is 0. The van der Waals surface area contributed by atoms with Gasteiger partial charge in [0.05, 0.1) is 20.8 Å². The molecule has 1 aromatic carbocycles. The van der Waals surface area contributed by atoms with E-state index in [1.807, 2.05) is 19.2 Å². The van der Waals surface area contributed by atoms with Crippen molar-refractivity contribution in [2.75, 3.05) is 34.9 Å². The third-order valence-electron chi connectivity index (χ3n) is 2.63. The van der Waals surface area contributed by atoms with Crippen LogP contribution in [0.3, 0.4) is 0 Å². The molecule has 0 atom stereocenters. The largest absolute Gasteiger partial charge is 0.496 e. The molecule has 0 aromatic heterocycles. The van der Waals surface area contributed by atoms with Crippen molar-refractivity contribution in [3.63, 3.8) is 0 Å². The Morgan fingerprint density at radius 3 is 2.12 bits per heavy atom. The second-order valence-corrected chi connectivity index (χ2v) is 3.76. The van der Waals surface area contributed by atoms with Gasteiger partial charge in [-0.05, 0) is 37.7 Å². The fourth-order valence-corrected chi connectivity index (χ4v) is 1.75. The molecule has 17 heavy (non-hydrogen) atoms. The van der Waals surface area contributed by atoms with Crippen molar-refractivity contribution in [3.05, 3.63) is 23.3 Å². The number of rotatable bonds is 7. The van der Waals surface area contributed by atoms with E-state index in [0.717, 1.165) is 35.6 Å². The van der Waals surface area contributed by atoms with Crippen molar-refractivity contribution in [2.45, 2.75) is 13.0 Å². The highest BCUT2D eigenvalue weighted by Crippen LogP contribution is 2.29. The maximum atomic E-state index is 5.39. The molecule has 96 valence electrons. The normalized spacial score (nSPS) is 10.4. The van der Waals surface area contributed by atoms with Crippen molar-refractivity contribution in [1.29, 1.82) is 0 Å². The molecule has 1 N–H and O–H groups in total. The molecule has 0 aliphatic carbocycles. The van der Waals surface area contributed by atoms with Crippen molar-refractivity contribution < 1.29 is 14.2 Å². The van der Waals surface area contributed by atoms with Crippen molar-refractivity contribution in [3.8, 4) is 11.5 Å². The van der Waals surface area contributed by atoms with Gasteiger partial charge in [0.25, 0.3) is 0 Å². The first-order valence-corrected chi connectivity index (χ1v) is 5.64. The Hall–Kier alpha value is -1.26. The lowest BCUT2D eigenvalue weighted by Crippen LogP contribution is -2.11. The van der Waals surface area contributed by atoms with Gasteiger partial charge in [-0.3, -0.25) is 0 Å². The summed E-state index contributed by atoms with van der Waals surface area (Å²) in [4.78, 5) is 0. The maximum Gasteiger partial charge on any atom is 0.124 e. The maximum absolute atomic E-state index is 5.39. The van der Waals surface area contributed by atoms with Crippen LogP contribution >= 0.6 is 0 Å². The van der Waals surface area contributed by atoms with Gasteiger partial charge in [-0.25, -0.2) is 0 Å². The third kappa shape index (κ3) is 3.61. The minimum absolute atomic E-state index is 0.520. The summed E-state index contributed by atoms with van der Waals surface area (Å²) in [6.45, 7) is 1.43. The molecule has 0 unspecified atom stereocenters. The van der Waals surface area contributed by atoms with Gasteiger partial charge in [0, 0.05) is 12.7 Å². The van der Waals surface area contributed by atoms with E-state index in [1.54, 1.807) is 21.3 Å². The van der Waals surface area contributed by atoms with Crippen molar-refractivity contribution in [2.24, 2.45) is 0 Å². The first-order chi connectivity index (χ1) is 8.26. The molecule has 0 fully saturated rings. The second-order valence-electron chi connectivity index (χ2n) is 3.76. The summed E-state index contributed by atoms with van der Waals surface area (Å²) in [5.74, 6) is 1.73. The zero-order valence-electron chi connectivity index (χ0n) is 11.0. The van der Waals surface area contributed by atoms with Crippen molar-refractivity contribution in [1.82, 2.24) is 5.32 Å². The average Bonchev–Trinajstić information content (AvgIpc) is 2.36. The first kappa shape index (κ1) is 13.8. The van der Waals surface area contributed by atoms with Gasteiger partial charge < -0.3 is 19.5 Å². The highest BCUT2D eigenvalue weighted by molar-refractivity contribution is 5.46. The molecule has 0 saturated heterocycles. The molecular weight excluding hydrogens is 218 g/mol. The van der Waals surface area contributed by atoms with Crippen LogP contribution in [0.2, 0.25) is 0 Å². The number of benzene rings is 1. The van der Waals surface area contributed by atoms with E-state index in [2.05, 4.69) is 5.32 Å². The predicted molar refractivity (Wildman–Crippen MR) is 67.9 cm³/mol. The highest BCUT2D eigenvalue weighted by Gasteiger charge is 2.10. The van der Waals surface area contributed by atoms with E-state index >= 15 is 0 Å². The smallest absolute Gasteiger partial charge is 0.124 e. The number of hydrogen-bond donors (Lipinski definition) is 1. The molecule has 0 spiro atoms. The Bertz CT molecular complexity index is 353. The van der Waals surface area contributed by atoms with Gasteiger partial charge in [0.1, 0.15) is 11.5 Å². The lowest BCUT2D eigenvalue weighted by molar-refractivity contribution is 0.181. The Balaban J connectivity index is 3.04. The van der Waals surface area contributed by atoms with E-state index in [0.29, 0.717) is 6.61 Å². The molecule has 0 heterocycles. The van der Waals surface area contributed by atoms with E-state index < -0.39 is 0 Å². The van der Waals surface area contributed by atoms with Crippen LogP contribution in [0.1, 0.15) is 11.1 Å². The Morgan fingerprint density at radius 1 is 1.00 bits per heavy atom. The Kier molecular flexibility index (Phi) is 5.80. The van der Waals surface area contributed by atoms with Crippen LogP contribution < -0.4 is 14.8 Å². The fourth-order valence-electron chi connectivity index (χ4n) is 1.75. The van der Waals surface area contributed by atoms with Crippen LogP contribution in [0.25, 0.3) is 0 Å². The molecule has 1 aromatic rings. The summed E-state index contributed by atoms with van der Waals surface area (Å²) < 4.78 is 15.9. The summed E-state index contributed by atoms with van der Waals surface area (Å²) in [6.07, 6.45) is 0.906. The highest BCUT2D eigenvalue weighted by atomic mass is 16.5. The van der Waals surface area contributed by atoms with E-state index in [1.165, 1.54) is 0 Å². The van der Waals surface area contributed by atoms with Gasteiger partial charge in [-0.1, -0.05) is 0 Å². The molecule has 0 aliphatic rings. The van der Waals surface area contributed by atoms with Gasteiger partial charge in [-0.15, -0.1) is 0 Å². The van der Waals surface area contributed by atoms with E-state index in [-0.39, 0.29) is 0 Å². The van der Waals surface area contributed by atoms with E-state index in [4.69, 9.17) is 14.2 Å². The van der Waals surface area contributed by atoms with Crippen LogP contribution in [0.5, 0.6) is 11.5 Å². The number of likely N-dealkylation sites (N-methyl/N-ethyl adjacent to an activating group) is 1. The molecule has 0 saturated carbocycles. The van der Waals surface area contributed by atoms with Gasteiger partial charge in [0.2, 0.25) is 0 Å². The van der Waals surface area contributed by atoms with Crippen LogP contribution in [-0.2, 0) is 17.8 Å². The lowest BCUT2D eigenvalue weighted by atomic mass is 10.1. The quantitative estimate of drug-likeness (QED) is 0.784. The molecule has 4 heteroatoms. The zero-order valence-corrected chi connectivity index (χ0v) is 11.0. The zero-order chi connectivity index (χ0) is 12.7. The molecule has 0 radical (unpaired) electrons. The number of hydrogen-bond acceptors (Lipinski definition) is 4. The van der Waals surface area contributed by atoms with Crippen molar-refractivity contribution >= 4 is 0 Å². The summed E-state index contributed by atoms with van der Waals surface area (Å²) in [7, 11) is 6.95. The third-order valence-corrected chi connectivity index (χ3v) is 2.63. The summed E-state index contributed by atoms with van der Waals surface area (Å²) in [6, 6.07) is 4.00. The second kappa shape index (κ2) is 7.14. The summed E-state index contributed by atoms with van der Waals surface area (Å²) in [5.41, 5.74) is 2.14. The number of ether oxygens (including phenoxy) is 3. The SMILES string of the molecule is CNCCc1cc(OC)c(COC)cc1OC. The van der Waals surface area contributed by atoms with Crippen LogP contribution in [-0.4, -0.2) is 34.9 Å². The molecule has 0 bridgehead atoms. The standard InChI is InChI=1S/C13H21NO3/c1-14-6-5-10-7-13(17-4)11(9-15-2)8-12(10)16-3/h7-8,14H,5-6,9H2,1-4H3. The predicted octanol–water partition coefficient (Wildman–Crippen LogP) is 1.61. The molecule has 1 rings (SSSR count). The Labute approximate surface area is 103 Å². The fraction of sp³-hybridized carbons (Fsp3) is 0.538. The first-order valence-electron chi connectivity index (χ1n) is 5.64. The topological polar surface area (TPSA) is 39.7 Å². The Morgan fingerprint density at radius 2 is 1.59 bits per heavy atom. The molecule has 0 aliphatic heterocycles. The summed E-state index contributed by atoms with van der Waals surface area (Å²) in [5, 5.41) is 3.12. The molecule has 0 amide bonds. The molecular formula is C13H21NO3. The van der Waals surface area contributed by atoms with Gasteiger partial charge >= 0.3 is 0 Å². The monoisotopic (exact) mass is 239 g/mol. The van der Waals surface area contributed by atoms with Crippen LogP contribution in [0.4, 0.5) is 0 Å². The number of methoxy groups -OCH3 is 3. The number of nitrogens with one attached hydrogen (secondary N) is 1. The van der Waals surface area contributed by atoms with Gasteiger partial charge in [-0.2, -0.15) is 0 Å².